The second-order valence-electron chi connectivity index (χ2n) is 4.86. The highest BCUT2D eigenvalue weighted by Crippen LogP contribution is 2.24. The van der Waals surface area contributed by atoms with Crippen LogP contribution in [-0.2, 0) is 4.79 Å². The van der Waals surface area contributed by atoms with Crippen LogP contribution in [0.2, 0.25) is 0 Å². The molecule has 0 bridgehead atoms. The van der Waals surface area contributed by atoms with Crippen LogP contribution in [0.25, 0.3) is 11.1 Å². The van der Waals surface area contributed by atoms with Crippen molar-refractivity contribution in [3.8, 4) is 22.6 Å². The summed E-state index contributed by atoms with van der Waals surface area (Å²) in [5.74, 6) is 0.820. The summed E-state index contributed by atoms with van der Waals surface area (Å²) in [6.45, 7) is 5.05. The van der Waals surface area contributed by atoms with Gasteiger partial charge in [-0.05, 0) is 35.4 Å². The Morgan fingerprint density at radius 1 is 1.09 bits per heavy atom. The van der Waals surface area contributed by atoms with Crippen LogP contribution in [0.15, 0.2) is 66.4 Å². The van der Waals surface area contributed by atoms with Gasteiger partial charge in [-0.3, -0.25) is 4.79 Å². The molecule has 0 spiro atoms. The molecule has 0 aliphatic heterocycles. The predicted molar refractivity (Wildman–Crippen MR) is 88.5 cm³/mol. The van der Waals surface area contributed by atoms with Gasteiger partial charge in [0.25, 0.3) is 0 Å². The third-order valence-corrected chi connectivity index (χ3v) is 3.13. The van der Waals surface area contributed by atoms with E-state index in [9.17, 15) is 9.70 Å². The molecule has 2 aromatic rings. The molecule has 5 nitrogen and oxygen atoms in total. The number of nitrogens with zero attached hydrogens (tertiary/aromatic N) is 1. The van der Waals surface area contributed by atoms with E-state index in [1.165, 1.54) is 13.0 Å². The third kappa shape index (κ3) is 4.78. The minimum Gasteiger partial charge on any atom is -0.491 e. The summed E-state index contributed by atoms with van der Waals surface area (Å²) in [7, 11) is 0. The molecule has 23 heavy (non-hydrogen) atoms. The summed E-state index contributed by atoms with van der Waals surface area (Å²) < 4.78 is 10.5. The van der Waals surface area contributed by atoms with Crippen molar-refractivity contribution in [2.24, 2.45) is 5.18 Å². The second kappa shape index (κ2) is 7.89. The molecule has 0 heterocycles. The molecule has 118 valence electrons. The number of hydrogen-bond donors (Lipinski definition) is 0. The zero-order valence-electron chi connectivity index (χ0n) is 12.8. The number of ether oxygens (including phenoxy) is 2. The van der Waals surface area contributed by atoms with Gasteiger partial charge in [0.15, 0.2) is 0 Å². The molecule has 0 aliphatic carbocycles. The predicted octanol–water partition coefficient (Wildman–Crippen LogP) is 3.98. The fourth-order valence-corrected chi connectivity index (χ4v) is 1.95. The first-order valence-corrected chi connectivity index (χ1v) is 7.09. The summed E-state index contributed by atoms with van der Waals surface area (Å²) >= 11 is 0. The Bertz CT molecular complexity index is 669. The van der Waals surface area contributed by atoms with Crippen molar-refractivity contribution in [1.29, 1.82) is 0 Å². The van der Waals surface area contributed by atoms with E-state index in [0.717, 1.165) is 11.1 Å². The maximum absolute atomic E-state index is 10.9. The first kappa shape index (κ1) is 16.4. The molecule has 2 rings (SSSR count). The van der Waals surface area contributed by atoms with E-state index in [4.69, 9.17) is 9.47 Å². The molecule has 1 atom stereocenters. The van der Waals surface area contributed by atoms with Crippen LogP contribution >= 0.6 is 0 Å². The highest BCUT2D eigenvalue weighted by Gasteiger charge is 2.05. The lowest BCUT2D eigenvalue weighted by atomic mass is 10.1. The van der Waals surface area contributed by atoms with Gasteiger partial charge in [0.2, 0.25) is 0 Å². The first-order valence-electron chi connectivity index (χ1n) is 7.09. The largest absolute Gasteiger partial charge is 0.491 e. The zero-order chi connectivity index (χ0) is 16.7. The zero-order valence-corrected chi connectivity index (χ0v) is 12.8. The Hall–Kier alpha value is -2.95. The monoisotopic (exact) mass is 311 g/mol. The van der Waals surface area contributed by atoms with Gasteiger partial charge in [0.05, 0.1) is 0 Å². The van der Waals surface area contributed by atoms with Crippen LogP contribution in [0.1, 0.15) is 6.92 Å². The van der Waals surface area contributed by atoms with Crippen LogP contribution < -0.4 is 9.47 Å². The van der Waals surface area contributed by atoms with Crippen molar-refractivity contribution in [3.05, 3.63) is 66.1 Å². The first-order chi connectivity index (χ1) is 11.1. The fourth-order valence-electron chi connectivity index (χ4n) is 1.95. The van der Waals surface area contributed by atoms with Crippen molar-refractivity contribution in [3.63, 3.8) is 0 Å². The molecular formula is C18H17NO4. The van der Waals surface area contributed by atoms with Gasteiger partial charge >= 0.3 is 5.97 Å². The Morgan fingerprint density at radius 2 is 1.61 bits per heavy atom. The maximum Gasteiger partial charge on any atom is 0.308 e. The quantitative estimate of drug-likeness (QED) is 0.336. The van der Waals surface area contributed by atoms with Crippen LogP contribution in [0.4, 0.5) is 0 Å². The average Bonchev–Trinajstić information content (AvgIpc) is 2.56. The minimum absolute atomic E-state index is 0.170. The van der Waals surface area contributed by atoms with Crippen molar-refractivity contribution in [1.82, 2.24) is 0 Å². The Labute approximate surface area is 134 Å². The van der Waals surface area contributed by atoms with Crippen LogP contribution in [0.3, 0.4) is 0 Å². The molecule has 0 aliphatic rings. The van der Waals surface area contributed by atoms with E-state index in [1.807, 2.05) is 36.4 Å². The van der Waals surface area contributed by atoms with Gasteiger partial charge in [-0.1, -0.05) is 35.5 Å². The lowest BCUT2D eigenvalue weighted by Gasteiger charge is -2.09. The highest BCUT2D eigenvalue weighted by atomic mass is 16.5. The third-order valence-electron chi connectivity index (χ3n) is 3.13. The molecule has 0 radical (unpaired) electrons. The number of carbonyl (C=O) groups excluding carboxylic acids is 1. The Morgan fingerprint density at radius 3 is 2.04 bits per heavy atom. The molecule has 0 aromatic heterocycles. The molecule has 1 unspecified atom stereocenters. The van der Waals surface area contributed by atoms with Crippen molar-refractivity contribution in [2.45, 2.75) is 13.0 Å². The highest BCUT2D eigenvalue weighted by molar-refractivity contribution is 5.70. The van der Waals surface area contributed by atoms with Gasteiger partial charge in [0.1, 0.15) is 24.1 Å². The number of rotatable bonds is 7. The molecular weight excluding hydrogens is 294 g/mol. The molecule has 0 amide bonds. The van der Waals surface area contributed by atoms with Gasteiger partial charge in [-0.15, -0.1) is 6.58 Å². The molecule has 0 saturated carbocycles. The normalized spacial score (nSPS) is 11.3. The van der Waals surface area contributed by atoms with E-state index in [2.05, 4.69) is 11.8 Å². The van der Waals surface area contributed by atoms with Crippen LogP contribution in [-0.4, -0.2) is 18.6 Å². The number of esters is 1. The van der Waals surface area contributed by atoms with E-state index in [0.29, 0.717) is 11.5 Å². The standard InChI is InChI=1S/C18H17NO4/c1-3-16(19-21)12-22-17-8-4-14(5-9-17)15-6-10-18(11-7-15)23-13(2)20/h3-11,16H,1,12H2,2H3. The number of benzene rings is 2. The van der Waals surface area contributed by atoms with E-state index in [-0.39, 0.29) is 12.6 Å². The van der Waals surface area contributed by atoms with Gasteiger partial charge in [0, 0.05) is 6.92 Å². The van der Waals surface area contributed by atoms with Crippen molar-refractivity contribution < 1.29 is 14.3 Å². The van der Waals surface area contributed by atoms with Crippen molar-refractivity contribution in [2.75, 3.05) is 6.61 Å². The van der Waals surface area contributed by atoms with E-state index in [1.54, 1.807) is 12.1 Å². The molecule has 2 aromatic carbocycles. The molecule has 5 heteroatoms. The lowest BCUT2D eigenvalue weighted by Crippen LogP contribution is -2.11. The maximum atomic E-state index is 10.9. The topological polar surface area (TPSA) is 65.0 Å². The fraction of sp³-hybridized carbons (Fsp3) is 0.167. The second-order valence-corrected chi connectivity index (χ2v) is 4.86. The van der Waals surface area contributed by atoms with Gasteiger partial charge in [-0.2, -0.15) is 4.91 Å². The molecule has 0 fully saturated rings. The molecule has 0 saturated heterocycles. The van der Waals surface area contributed by atoms with E-state index >= 15 is 0 Å². The summed E-state index contributed by atoms with van der Waals surface area (Å²) in [4.78, 5) is 21.3. The Balaban J connectivity index is 2.02. The number of carbonyl (C=O) groups is 1. The van der Waals surface area contributed by atoms with Gasteiger partial charge < -0.3 is 9.47 Å². The number of hydrogen-bond acceptors (Lipinski definition) is 5. The van der Waals surface area contributed by atoms with Crippen molar-refractivity contribution >= 4 is 5.97 Å². The van der Waals surface area contributed by atoms with Gasteiger partial charge in [-0.25, -0.2) is 0 Å². The summed E-state index contributed by atoms with van der Waals surface area (Å²) in [5.41, 5.74) is 1.99. The minimum atomic E-state index is -0.552. The SMILES string of the molecule is C=CC(COc1ccc(-c2ccc(OC(C)=O)cc2)cc1)N=O. The van der Waals surface area contributed by atoms with Crippen LogP contribution in [0.5, 0.6) is 11.5 Å². The average molecular weight is 311 g/mol. The smallest absolute Gasteiger partial charge is 0.308 e. The van der Waals surface area contributed by atoms with Crippen LogP contribution in [0, 0.1) is 4.91 Å². The summed E-state index contributed by atoms with van der Waals surface area (Å²) in [5, 5.41) is 2.89. The number of nitroso groups, excluding NO2 is 1. The molecule has 0 N–H and O–H groups in total. The lowest BCUT2D eigenvalue weighted by molar-refractivity contribution is -0.131. The Kier molecular flexibility index (Phi) is 5.63. The summed E-state index contributed by atoms with van der Waals surface area (Å²) in [6, 6.07) is 14.1. The summed E-state index contributed by atoms with van der Waals surface area (Å²) in [6.07, 6.45) is 1.45. The van der Waals surface area contributed by atoms with E-state index < -0.39 is 6.04 Å².